The van der Waals surface area contributed by atoms with Gasteiger partial charge in [-0.2, -0.15) is 12.6 Å². The maximum absolute atomic E-state index is 13.1. The molecule has 33 heavy (non-hydrogen) atoms. The number of aliphatic carboxylic acids is 1. The number of carbonyl (C=O) groups is 4. The standard InChI is InChI=1S/C22H32N4O6S/c1-12(2)18(26-19(28)15-4-3-9-23-15)21(30)24-16(10-13-5-7-14(27)8-6-13)20(29)25-17(11-33)22(31)32/h5-8,12,15-18,23,27,33H,3-4,9-11H2,1-2H3,(H,24,30)(H,25,29)(H,26,28)(H,31,32). The van der Waals surface area contributed by atoms with Gasteiger partial charge in [0, 0.05) is 12.2 Å². The van der Waals surface area contributed by atoms with Crippen LogP contribution in [0, 0.1) is 5.92 Å². The number of phenols is 1. The van der Waals surface area contributed by atoms with Crippen molar-refractivity contribution in [1.82, 2.24) is 21.3 Å². The first kappa shape index (κ1) is 26.5. The van der Waals surface area contributed by atoms with Gasteiger partial charge < -0.3 is 31.5 Å². The van der Waals surface area contributed by atoms with E-state index in [-0.39, 0.29) is 35.8 Å². The van der Waals surface area contributed by atoms with E-state index in [9.17, 15) is 29.4 Å². The van der Waals surface area contributed by atoms with E-state index in [2.05, 4.69) is 33.9 Å². The van der Waals surface area contributed by atoms with Gasteiger partial charge in [0.15, 0.2) is 0 Å². The van der Waals surface area contributed by atoms with Gasteiger partial charge in [0.05, 0.1) is 6.04 Å². The Kier molecular flexibility index (Phi) is 9.98. The van der Waals surface area contributed by atoms with E-state index in [1.807, 2.05) is 0 Å². The number of carboxylic acids is 1. The number of rotatable bonds is 11. The molecule has 1 aromatic carbocycles. The van der Waals surface area contributed by atoms with Crippen molar-refractivity contribution >= 4 is 36.3 Å². The molecule has 4 atom stereocenters. The summed E-state index contributed by atoms with van der Waals surface area (Å²) in [6.45, 7) is 4.30. The van der Waals surface area contributed by atoms with Gasteiger partial charge in [-0.05, 0) is 43.0 Å². The van der Waals surface area contributed by atoms with E-state index in [4.69, 9.17) is 0 Å². The molecular weight excluding hydrogens is 448 g/mol. The van der Waals surface area contributed by atoms with Crippen molar-refractivity contribution in [3.05, 3.63) is 29.8 Å². The summed E-state index contributed by atoms with van der Waals surface area (Å²) in [5.74, 6) is -3.09. The first-order valence-electron chi connectivity index (χ1n) is 10.9. The Morgan fingerprint density at radius 2 is 1.70 bits per heavy atom. The van der Waals surface area contributed by atoms with Crippen molar-refractivity contribution in [2.75, 3.05) is 12.3 Å². The number of carboxylic acid groups (broad SMARTS) is 1. The SMILES string of the molecule is CC(C)C(NC(=O)C1CCCN1)C(=O)NC(Cc1ccc(O)cc1)C(=O)NC(CS)C(=O)O. The number of amides is 3. The zero-order chi connectivity index (χ0) is 24.5. The highest BCUT2D eigenvalue weighted by atomic mass is 32.1. The molecule has 0 bridgehead atoms. The Hall–Kier alpha value is -2.79. The molecular formula is C22H32N4O6S. The van der Waals surface area contributed by atoms with E-state index in [0.717, 1.165) is 13.0 Å². The van der Waals surface area contributed by atoms with Gasteiger partial charge in [-0.1, -0.05) is 26.0 Å². The molecule has 3 amide bonds. The van der Waals surface area contributed by atoms with Gasteiger partial charge in [-0.15, -0.1) is 0 Å². The lowest BCUT2D eigenvalue weighted by Crippen LogP contribution is -2.59. The second-order valence-electron chi connectivity index (χ2n) is 8.39. The van der Waals surface area contributed by atoms with Crippen LogP contribution in [0.5, 0.6) is 5.75 Å². The fourth-order valence-corrected chi connectivity index (χ4v) is 3.74. The number of hydrogen-bond donors (Lipinski definition) is 7. The van der Waals surface area contributed by atoms with Crippen LogP contribution in [0.2, 0.25) is 0 Å². The lowest BCUT2D eigenvalue weighted by molar-refractivity contribution is -0.141. The summed E-state index contributed by atoms with van der Waals surface area (Å²) in [5.41, 5.74) is 0.645. The Labute approximate surface area is 198 Å². The molecule has 1 saturated heterocycles. The second-order valence-corrected chi connectivity index (χ2v) is 8.76. The zero-order valence-electron chi connectivity index (χ0n) is 18.7. The number of aromatic hydroxyl groups is 1. The number of nitrogens with one attached hydrogen (secondary N) is 4. The van der Waals surface area contributed by atoms with E-state index >= 15 is 0 Å². The minimum absolute atomic E-state index is 0.0490. The summed E-state index contributed by atoms with van der Waals surface area (Å²) >= 11 is 3.95. The fraction of sp³-hybridized carbons (Fsp3) is 0.545. The predicted molar refractivity (Wildman–Crippen MR) is 125 cm³/mol. The van der Waals surface area contributed by atoms with E-state index < -0.39 is 35.9 Å². The first-order valence-corrected chi connectivity index (χ1v) is 11.5. The van der Waals surface area contributed by atoms with Crippen LogP contribution in [0.25, 0.3) is 0 Å². The molecule has 11 heteroatoms. The highest BCUT2D eigenvalue weighted by Crippen LogP contribution is 2.13. The van der Waals surface area contributed by atoms with Crippen LogP contribution in [-0.2, 0) is 25.6 Å². The highest BCUT2D eigenvalue weighted by molar-refractivity contribution is 7.80. The van der Waals surface area contributed by atoms with Gasteiger partial charge >= 0.3 is 5.97 Å². The van der Waals surface area contributed by atoms with Gasteiger partial charge in [0.25, 0.3) is 0 Å². The molecule has 4 unspecified atom stereocenters. The van der Waals surface area contributed by atoms with Crippen molar-refractivity contribution in [2.45, 2.75) is 57.3 Å². The molecule has 1 aliphatic rings. The Bertz CT molecular complexity index is 842. The van der Waals surface area contributed by atoms with Crippen LogP contribution in [0.4, 0.5) is 0 Å². The second kappa shape index (κ2) is 12.4. The van der Waals surface area contributed by atoms with E-state index in [0.29, 0.717) is 12.0 Å². The van der Waals surface area contributed by atoms with Crippen LogP contribution in [0.3, 0.4) is 0 Å². The molecule has 2 rings (SSSR count). The Morgan fingerprint density at radius 1 is 1.06 bits per heavy atom. The van der Waals surface area contributed by atoms with Crippen LogP contribution in [-0.4, -0.2) is 70.4 Å². The third-order valence-corrected chi connectivity index (χ3v) is 5.80. The topological polar surface area (TPSA) is 157 Å². The number of thiol groups is 1. The molecule has 1 heterocycles. The van der Waals surface area contributed by atoms with Crippen LogP contribution in [0.1, 0.15) is 32.3 Å². The van der Waals surface area contributed by atoms with Crippen molar-refractivity contribution in [2.24, 2.45) is 5.92 Å². The normalized spacial score (nSPS) is 18.2. The number of carbonyl (C=O) groups excluding carboxylic acids is 3. The molecule has 1 fully saturated rings. The minimum Gasteiger partial charge on any atom is -0.508 e. The zero-order valence-corrected chi connectivity index (χ0v) is 19.6. The summed E-state index contributed by atoms with van der Waals surface area (Å²) in [7, 11) is 0. The number of hydrogen-bond acceptors (Lipinski definition) is 7. The van der Waals surface area contributed by atoms with Crippen molar-refractivity contribution in [3.63, 3.8) is 0 Å². The quantitative estimate of drug-likeness (QED) is 0.216. The Morgan fingerprint density at radius 3 is 2.21 bits per heavy atom. The number of phenolic OH excluding ortho intramolecular Hbond substituents is 1. The van der Waals surface area contributed by atoms with Crippen molar-refractivity contribution < 1.29 is 29.4 Å². The summed E-state index contributed by atoms with van der Waals surface area (Å²) < 4.78 is 0. The van der Waals surface area contributed by atoms with Gasteiger partial charge in [0.2, 0.25) is 17.7 Å². The summed E-state index contributed by atoms with van der Waals surface area (Å²) in [4.78, 5) is 49.8. The molecule has 10 nitrogen and oxygen atoms in total. The lowest BCUT2D eigenvalue weighted by Gasteiger charge is -2.27. The van der Waals surface area contributed by atoms with Gasteiger partial charge in [0.1, 0.15) is 23.9 Å². The maximum atomic E-state index is 13.1. The molecule has 182 valence electrons. The average molecular weight is 481 g/mol. The van der Waals surface area contributed by atoms with Gasteiger partial charge in [-0.25, -0.2) is 4.79 Å². The Balaban J connectivity index is 2.17. The minimum atomic E-state index is -1.25. The van der Waals surface area contributed by atoms with E-state index in [1.165, 1.54) is 12.1 Å². The third-order valence-electron chi connectivity index (χ3n) is 5.43. The molecule has 0 saturated carbocycles. The summed E-state index contributed by atoms with van der Waals surface area (Å²) in [6, 6.07) is 2.53. The molecule has 0 radical (unpaired) electrons. The highest BCUT2D eigenvalue weighted by Gasteiger charge is 2.32. The molecule has 0 spiro atoms. The molecule has 0 aliphatic carbocycles. The van der Waals surface area contributed by atoms with Crippen molar-refractivity contribution in [1.29, 1.82) is 0 Å². The molecule has 6 N–H and O–H groups in total. The monoisotopic (exact) mass is 480 g/mol. The molecule has 1 aromatic rings. The third kappa shape index (κ3) is 7.93. The van der Waals surface area contributed by atoms with Crippen LogP contribution >= 0.6 is 12.6 Å². The summed E-state index contributed by atoms with van der Waals surface area (Å²) in [5, 5.41) is 29.6. The van der Waals surface area contributed by atoms with E-state index in [1.54, 1.807) is 26.0 Å². The average Bonchev–Trinajstić information content (AvgIpc) is 3.31. The van der Waals surface area contributed by atoms with Gasteiger partial charge in [-0.3, -0.25) is 14.4 Å². The molecule has 0 aromatic heterocycles. The predicted octanol–water partition coefficient (Wildman–Crippen LogP) is -0.188. The molecule has 1 aliphatic heterocycles. The van der Waals surface area contributed by atoms with Crippen LogP contribution in [0.15, 0.2) is 24.3 Å². The maximum Gasteiger partial charge on any atom is 0.327 e. The fourth-order valence-electron chi connectivity index (χ4n) is 3.49. The number of benzene rings is 1. The summed E-state index contributed by atoms with van der Waals surface area (Å²) in [6.07, 6.45) is 1.62. The largest absolute Gasteiger partial charge is 0.508 e. The van der Waals surface area contributed by atoms with Crippen molar-refractivity contribution in [3.8, 4) is 5.75 Å². The smallest absolute Gasteiger partial charge is 0.327 e. The van der Waals surface area contributed by atoms with Crippen LogP contribution < -0.4 is 21.3 Å². The lowest BCUT2D eigenvalue weighted by atomic mass is 10.00. The first-order chi connectivity index (χ1) is 15.6.